The summed E-state index contributed by atoms with van der Waals surface area (Å²) in [5, 5.41) is 3.22. The van der Waals surface area contributed by atoms with Gasteiger partial charge in [0.2, 0.25) is 11.8 Å². The normalized spacial score (nSPS) is 23.8. The number of hydrogen-bond acceptors (Lipinski definition) is 3. The molecule has 1 saturated heterocycles. The fraction of sp³-hybridized carbons (Fsp3) is 0.594. The second-order valence-corrected chi connectivity index (χ2v) is 11.5. The van der Waals surface area contributed by atoms with Crippen LogP contribution in [0, 0.1) is 11.8 Å². The summed E-state index contributed by atoms with van der Waals surface area (Å²) in [4.78, 5) is 34.1. The van der Waals surface area contributed by atoms with Gasteiger partial charge in [0.1, 0.15) is 6.04 Å². The monoisotopic (exact) mass is 501 g/mol. The molecule has 1 aromatic carbocycles. The summed E-state index contributed by atoms with van der Waals surface area (Å²) in [6.07, 6.45) is 13.6. The molecule has 2 aliphatic carbocycles. The minimum Gasteiger partial charge on any atom is -0.344 e. The van der Waals surface area contributed by atoms with E-state index in [9.17, 15) is 9.59 Å². The van der Waals surface area contributed by atoms with Crippen molar-refractivity contribution in [2.75, 3.05) is 6.54 Å². The molecule has 2 fully saturated rings. The number of hydrogen-bond donors (Lipinski definition) is 1. The standard InChI is InChI=1S/C32H43N3O2/c1-3-22(2)31(36)34-30(24-14-8-5-9-15-24)32(37)35-19-11-18-29(35)25-20-27-26(23-12-6-4-7-13-23)16-10-17-28(27)33-21-25/h4,6-7,12-13,20-22,24,26,29-30H,3,5,8-11,14-19H2,1-2H3,(H,34,36). The molecule has 5 heteroatoms. The predicted molar refractivity (Wildman–Crippen MR) is 147 cm³/mol. The minimum absolute atomic E-state index is 0.0170. The summed E-state index contributed by atoms with van der Waals surface area (Å²) in [7, 11) is 0. The lowest BCUT2D eigenvalue weighted by Gasteiger charge is -2.36. The van der Waals surface area contributed by atoms with Crippen molar-refractivity contribution in [3.05, 3.63) is 65.0 Å². The number of rotatable bonds is 7. The molecular weight excluding hydrogens is 458 g/mol. The molecule has 2 aromatic rings. The number of nitrogens with one attached hydrogen (secondary N) is 1. The molecule has 4 unspecified atom stereocenters. The smallest absolute Gasteiger partial charge is 0.245 e. The minimum atomic E-state index is -0.412. The van der Waals surface area contributed by atoms with Gasteiger partial charge in [0.05, 0.1) is 6.04 Å². The molecule has 5 nitrogen and oxygen atoms in total. The van der Waals surface area contributed by atoms with E-state index in [1.54, 1.807) is 0 Å². The summed E-state index contributed by atoms with van der Waals surface area (Å²) < 4.78 is 0. The molecule has 5 rings (SSSR count). The number of likely N-dealkylation sites (tertiary alicyclic amines) is 1. The number of nitrogens with zero attached hydrogens (tertiary/aromatic N) is 2. The number of fused-ring (bicyclic) bond motifs is 1. The zero-order valence-corrected chi connectivity index (χ0v) is 22.6. The molecule has 198 valence electrons. The fourth-order valence-corrected chi connectivity index (χ4v) is 6.77. The molecule has 0 radical (unpaired) electrons. The predicted octanol–water partition coefficient (Wildman–Crippen LogP) is 6.32. The zero-order chi connectivity index (χ0) is 25.8. The topological polar surface area (TPSA) is 62.3 Å². The van der Waals surface area contributed by atoms with Gasteiger partial charge in [0.15, 0.2) is 0 Å². The molecule has 37 heavy (non-hydrogen) atoms. The van der Waals surface area contributed by atoms with Crippen LogP contribution in [0.2, 0.25) is 0 Å². The van der Waals surface area contributed by atoms with E-state index in [2.05, 4.69) is 46.6 Å². The van der Waals surface area contributed by atoms with E-state index in [1.807, 2.05) is 20.0 Å². The Balaban J connectivity index is 1.41. The molecule has 1 saturated carbocycles. The third kappa shape index (κ3) is 5.61. The molecule has 3 aliphatic rings. The van der Waals surface area contributed by atoms with Gasteiger partial charge in [-0.25, -0.2) is 0 Å². The first-order valence-electron chi connectivity index (χ1n) is 14.7. The maximum Gasteiger partial charge on any atom is 0.245 e. The molecular formula is C32H43N3O2. The van der Waals surface area contributed by atoms with Crippen molar-refractivity contribution in [1.82, 2.24) is 15.2 Å². The van der Waals surface area contributed by atoms with E-state index in [1.165, 1.54) is 23.2 Å². The van der Waals surface area contributed by atoms with E-state index in [0.29, 0.717) is 5.92 Å². The van der Waals surface area contributed by atoms with Crippen LogP contribution < -0.4 is 5.32 Å². The van der Waals surface area contributed by atoms with Gasteiger partial charge in [-0.15, -0.1) is 0 Å². The van der Waals surface area contributed by atoms with Crippen LogP contribution in [0.3, 0.4) is 0 Å². The number of carbonyl (C=O) groups excluding carboxylic acids is 2. The maximum absolute atomic E-state index is 14.1. The SMILES string of the molecule is CCC(C)C(=O)NC(C(=O)N1CCCC1c1cnc2c(c1)C(c1ccccc1)CCC2)C1CCCCC1. The first kappa shape index (κ1) is 25.9. The Bertz CT molecular complexity index is 1080. The molecule has 2 heterocycles. The molecule has 4 atom stereocenters. The molecule has 0 bridgehead atoms. The Morgan fingerprint density at radius 1 is 1.00 bits per heavy atom. The van der Waals surface area contributed by atoms with Crippen molar-refractivity contribution < 1.29 is 9.59 Å². The summed E-state index contributed by atoms with van der Waals surface area (Å²) in [6, 6.07) is 12.8. The van der Waals surface area contributed by atoms with Gasteiger partial charge in [-0.3, -0.25) is 14.6 Å². The van der Waals surface area contributed by atoms with Gasteiger partial charge < -0.3 is 10.2 Å². The lowest BCUT2D eigenvalue weighted by Crippen LogP contribution is -2.53. The first-order chi connectivity index (χ1) is 18.1. The number of aromatic nitrogens is 1. The van der Waals surface area contributed by atoms with Gasteiger partial charge in [0, 0.05) is 30.3 Å². The third-order valence-corrected chi connectivity index (χ3v) is 9.17. The van der Waals surface area contributed by atoms with Crippen molar-refractivity contribution in [3.8, 4) is 0 Å². The number of amides is 2. The third-order valence-electron chi connectivity index (χ3n) is 9.17. The average Bonchev–Trinajstić information content (AvgIpc) is 3.45. The lowest BCUT2D eigenvalue weighted by molar-refractivity contribution is -0.140. The van der Waals surface area contributed by atoms with E-state index in [4.69, 9.17) is 4.98 Å². The van der Waals surface area contributed by atoms with Crippen LogP contribution in [-0.4, -0.2) is 34.3 Å². The van der Waals surface area contributed by atoms with Crippen LogP contribution in [0.15, 0.2) is 42.6 Å². The van der Waals surface area contributed by atoms with E-state index < -0.39 is 6.04 Å². The van der Waals surface area contributed by atoms with Gasteiger partial charge in [-0.2, -0.15) is 0 Å². The number of aryl methyl sites for hydroxylation is 1. The van der Waals surface area contributed by atoms with Crippen LogP contribution in [0.4, 0.5) is 0 Å². The van der Waals surface area contributed by atoms with Crippen LogP contribution in [0.25, 0.3) is 0 Å². The Morgan fingerprint density at radius 3 is 2.54 bits per heavy atom. The molecule has 1 aromatic heterocycles. The highest BCUT2D eigenvalue weighted by molar-refractivity contribution is 5.89. The van der Waals surface area contributed by atoms with Gasteiger partial charge in [0.25, 0.3) is 0 Å². The Labute approximate surface area is 222 Å². The van der Waals surface area contributed by atoms with E-state index in [0.717, 1.165) is 76.3 Å². The van der Waals surface area contributed by atoms with Crippen LogP contribution >= 0.6 is 0 Å². The van der Waals surface area contributed by atoms with Crippen molar-refractivity contribution in [1.29, 1.82) is 0 Å². The van der Waals surface area contributed by atoms with E-state index >= 15 is 0 Å². The van der Waals surface area contributed by atoms with Gasteiger partial charge in [-0.1, -0.05) is 63.4 Å². The van der Waals surface area contributed by atoms with Crippen molar-refractivity contribution in [2.24, 2.45) is 11.8 Å². The van der Waals surface area contributed by atoms with Crippen molar-refractivity contribution >= 4 is 11.8 Å². The largest absolute Gasteiger partial charge is 0.344 e. The first-order valence-corrected chi connectivity index (χ1v) is 14.7. The van der Waals surface area contributed by atoms with Crippen molar-refractivity contribution in [3.63, 3.8) is 0 Å². The van der Waals surface area contributed by atoms with Crippen LogP contribution in [-0.2, 0) is 16.0 Å². The summed E-state index contributed by atoms with van der Waals surface area (Å²) >= 11 is 0. The summed E-state index contributed by atoms with van der Waals surface area (Å²) in [6.45, 7) is 4.74. The second-order valence-electron chi connectivity index (χ2n) is 11.5. The summed E-state index contributed by atoms with van der Waals surface area (Å²) in [5.41, 5.74) is 5.05. The highest BCUT2D eigenvalue weighted by Crippen LogP contribution is 2.40. The Kier molecular flexibility index (Phi) is 8.26. The van der Waals surface area contributed by atoms with E-state index in [-0.39, 0.29) is 29.7 Å². The van der Waals surface area contributed by atoms with Crippen LogP contribution in [0.1, 0.15) is 112 Å². The molecule has 2 amide bonds. The number of benzene rings is 1. The number of pyridine rings is 1. The summed E-state index contributed by atoms with van der Waals surface area (Å²) in [5.74, 6) is 0.659. The maximum atomic E-state index is 14.1. The quantitative estimate of drug-likeness (QED) is 0.483. The second kappa shape index (κ2) is 11.8. The molecule has 1 N–H and O–H groups in total. The molecule has 0 spiro atoms. The zero-order valence-electron chi connectivity index (χ0n) is 22.6. The highest BCUT2D eigenvalue weighted by Gasteiger charge is 2.39. The fourth-order valence-electron chi connectivity index (χ4n) is 6.77. The molecule has 1 aliphatic heterocycles. The van der Waals surface area contributed by atoms with Crippen molar-refractivity contribution in [2.45, 2.75) is 102 Å². The average molecular weight is 502 g/mol. The number of carbonyl (C=O) groups is 2. The van der Waals surface area contributed by atoms with Gasteiger partial charge in [-0.05, 0) is 80.0 Å². The Morgan fingerprint density at radius 2 is 1.78 bits per heavy atom. The lowest BCUT2D eigenvalue weighted by atomic mass is 9.80. The van der Waals surface area contributed by atoms with Gasteiger partial charge >= 0.3 is 0 Å². The Hall–Kier alpha value is -2.69. The van der Waals surface area contributed by atoms with Crippen LogP contribution in [0.5, 0.6) is 0 Å². The highest BCUT2D eigenvalue weighted by atomic mass is 16.2.